The Morgan fingerprint density at radius 2 is 2.28 bits per heavy atom. The fourth-order valence-corrected chi connectivity index (χ4v) is 0.876. The van der Waals surface area contributed by atoms with Crippen LogP contribution in [-0.4, -0.2) is 30.4 Å². The van der Waals surface area contributed by atoms with Gasteiger partial charge in [0.15, 0.2) is 0 Å². The number of aliphatic hydroxyl groups excluding tert-OH is 1. The normalized spacial score (nSPS) is 12.4. The maximum Gasteiger partial charge on any atom is 0.350 e. The Kier molecular flexibility index (Phi) is 10.8. The molecule has 0 aliphatic carbocycles. The van der Waals surface area contributed by atoms with Gasteiger partial charge in [0.25, 0.3) is 0 Å². The minimum absolute atomic E-state index is 0.161. The van der Waals surface area contributed by atoms with E-state index < -0.39 is 12.1 Å². The van der Waals surface area contributed by atoms with Crippen molar-refractivity contribution in [3.8, 4) is 11.8 Å². The van der Waals surface area contributed by atoms with Crippen molar-refractivity contribution in [3.05, 3.63) is 24.3 Å². The standard InChI is InChI=1S/C13H19NO4/c1-2-12(15)9-7-5-3-4-6-8-10-17-11-13(16)18-14/h3,5,7,9,12,15H,2,8,10-11,14H2,1H3/b5-3+,9-7+/t12-/m1/s1. The van der Waals surface area contributed by atoms with Gasteiger partial charge in [-0.2, -0.15) is 5.90 Å². The molecule has 0 heterocycles. The minimum atomic E-state index is -0.609. The van der Waals surface area contributed by atoms with E-state index in [9.17, 15) is 9.90 Å². The quantitative estimate of drug-likeness (QED) is 0.302. The Labute approximate surface area is 107 Å². The van der Waals surface area contributed by atoms with E-state index in [1.165, 1.54) is 0 Å². The third-order valence-corrected chi connectivity index (χ3v) is 1.87. The molecule has 18 heavy (non-hydrogen) atoms. The number of carbonyl (C=O) groups excluding carboxylic acids is 1. The monoisotopic (exact) mass is 253 g/mol. The van der Waals surface area contributed by atoms with E-state index in [-0.39, 0.29) is 6.61 Å². The molecule has 0 bridgehead atoms. The van der Waals surface area contributed by atoms with Crippen LogP contribution in [-0.2, 0) is 14.4 Å². The average Bonchev–Trinajstić information content (AvgIpc) is 2.40. The van der Waals surface area contributed by atoms with E-state index in [2.05, 4.69) is 22.6 Å². The van der Waals surface area contributed by atoms with Gasteiger partial charge in [-0.15, -0.1) is 0 Å². The van der Waals surface area contributed by atoms with Gasteiger partial charge in [-0.1, -0.05) is 37.0 Å². The highest BCUT2D eigenvalue weighted by atomic mass is 16.7. The van der Waals surface area contributed by atoms with E-state index in [1.54, 1.807) is 24.3 Å². The molecule has 0 spiro atoms. The first-order chi connectivity index (χ1) is 8.70. The molecular weight excluding hydrogens is 234 g/mol. The molecule has 0 aromatic rings. The van der Waals surface area contributed by atoms with Gasteiger partial charge in [-0.3, -0.25) is 0 Å². The summed E-state index contributed by atoms with van der Waals surface area (Å²) in [5.41, 5.74) is 0. The van der Waals surface area contributed by atoms with Crippen LogP contribution in [0.5, 0.6) is 0 Å². The predicted octanol–water partition coefficient (Wildman–Crippen LogP) is 0.697. The van der Waals surface area contributed by atoms with E-state index in [0.29, 0.717) is 19.4 Å². The fraction of sp³-hybridized carbons (Fsp3) is 0.462. The lowest BCUT2D eigenvalue weighted by molar-refractivity contribution is -0.149. The largest absolute Gasteiger partial charge is 0.389 e. The Balaban J connectivity index is 3.58. The molecule has 0 saturated heterocycles. The number of hydrogen-bond donors (Lipinski definition) is 2. The first-order valence-electron chi connectivity index (χ1n) is 5.67. The van der Waals surface area contributed by atoms with Crippen LogP contribution in [0.4, 0.5) is 0 Å². The molecule has 0 amide bonds. The van der Waals surface area contributed by atoms with Gasteiger partial charge < -0.3 is 14.7 Å². The summed E-state index contributed by atoms with van der Waals surface area (Å²) in [6, 6.07) is 0. The fourth-order valence-electron chi connectivity index (χ4n) is 0.876. The summed E-state index contributed by atoms with van der Waals surface area (Å²) in [6.45, 7) is 2.09. The highest BCUT2D eigenvalue weighted by Crippen LogP contribution is 1.91. The first-order valence-corrected chi connectivity index (χ1v) is 5.67. The first kappa shape index (κ1) is 16.4. The number of rotatable bonds is 7. The van der Waals surface area contributed by atoms with Crippen LogP contribution < -0.4 is 5.90 Å². The zero-order chi connectivity index (χ0) is 13.6. The molecule has 0 aromatic carbocycles. The molecule has 0 radical (unpaired) electrons. The van der Waals surface area contributed by atoms with E-state index in [4.69, 9.17) is 4.74 Å². The van der Waals surface area contributed by atoms with Gasteiger partial charge in [0.1, 0.15) is 6.61 Å². The molecule has 0 unspecified atom stereocenters. The lowest BCUT2D eigenvalue weighted by Crippen LogP contribution is -2.16. The molecule has 0 fully saturated rings. The van der Waals surface area contributed by atoms with Crippen LogP contribution >= 0.6 is 0 Å². The SMILES string of the molecule is CC[C@@H](O)/C=C/C=C/C#CCCOCC(=O)ON. The van der Waals surface area contributed by atoms with Crippen LogP contribution in [0.1, 0.15) is 19.8 Å². The third-order valence-electron chi connectivity index (χ3n) is 1.87. The molecule has 0 rings (SSSR count). The van der Waals surface area contributed by atoms with Crippen molar-refractivity contribution in [1.82, 2.24) is 0 Å². The second kappa shape index (κ2) is 11.9. The molecule has 5 heteroatoms. The van der Waals surface area contributed by atoms with Crippen molar-refractivity contribution in [3.63, 3.8) is 0 Å². The second-order valence-electron chi connectivity index (χ2n) is 3.33. The average molecular weight is 253 g/mol. The molecule has 0 aliphatic heterocycles. The van der Waals surface area contributed by atoms with Gasteiger partial charge >= 0.3 is 5.97 Å². The summed E-state index contributed by atoms with van der Waals surface area (Å²) in [6.07, 6.45) is 7.67. The number of allylic oxidation sites excluding steroid dienone is 3. The summed E-state index contributed by atoms with van der Waals surface area (Å²) in [4.78, 5) is 14.5. The number of nitrogens with two attached hydrogens (primary N) is 1. The highest BCUT2D eigenvalue weighted by molar-refractivity contribution is 5.70. The molecule has 1 atom stereocenters. The number of hydrogen-bond acceptors (Lipinski definition) is 5. The van der Waals surface area contributed by atoms with Gasteiger partial charge in [-0.05, 0) is 12.5 Å². The van der Waals surface area contributed by atoms with Crippen molar-refractivity contribution >= 4 is 5.97 Å². The van der Waals surface area contributed by atoms with Crippen molar-refractivity contribution < 1.29 is 19.5 Å². The van der Waals surface area contributed by atoms with Crippen LogP contribution in [0.15, 0.2) is 24.3 Å². The third kappa shape index (κ3) is 10.9. The smallest absolute Gasteiger partial charge is 0.350 e. The zero-order valence-corrected chi connectivity index (χ0v) is 10.5. The maximum atomic E-state index is 10.6. The van der Waals surface area contributed by atoms with Gasteiger partial charge in [0, 0.05) is 6.42 Å². The Morgan fingerprint density at radius 3 is 2.94 bits per heavy atom. The zero-order valence-electron chi connectivity index (χ0n) is 10.5. The molecular formula is C13H19NO4. The summed E-state index contributed by atoms with van der Waals surface area (Å²) >= 11 is 0. The summed E-state index contributed by atoms with van der Waals surface area (Å²) in [5, 5.41) is 9.20. The number of ether oxygens (including phenoxy) is 1. The topological polar surface area (TPSA) is 81.8 Å². The van der Waals surface area contributed by atoms with Crippen molar-refractivity contribution in [2.75, 3.05) is 13.2 Å². The van der Waals surface area contributed by atoms with Gasteiger partial charge in [0.2, 0.25) is 0 Å². The van der Waals surface area contributed by atoms with E-state index >= 15 is 0 Å². The van der Waals surface area contributed by atoms with Gasteiger partial charge in [-0.25, -0.2) is 4.79 Å². The van der Waals surface area contributed by atoms with Crippen LogP contribution in [0.25, 0.3) is 0 Å². The van der Waals surface area contributed by atoms with Crippen LogP contribution in [0.2, 0.25) is 0 Å². The number of aliphatic hydroxyl groups is 1. The van der Waals surface area contributed by atoms with E-state index in [1.807, 2.05) is 6.92 Å². The second-order valence-corrected chi connectivity index (χ2v) is 3.33. The van der Waals surface area contributed by atoms with Gasteiger partial charge in [0.05, 0.1) is 12.7 Å². The van der Waals surface area contributed by atoms with Crippen molar-refractivity contribution in [2.45, 2.75) is 25.9 Å². The minimum Gasteiger partial charge on any atom is -0.389 e. The molecule has 3 N–H and O–H groups in total. The predicted molar refractivity (Wildman–Crippen MR) is 68.1 cm³/mol. The van der Waals surface area contributed by atoms with Crippen LogP contribution in [0, 0.1) is 11.8 Å². The maximum absolute atomic E-state index is 10.6. The molecule has 100 valence electrons. The Bertz CT molecular complexity index is 339. The van der Waals surface area contributed by atoms with Crippen LogP contribution in [0.3, 0.4) is 0 Å². The molecule has 0 aliphatic rings. The summed E-state index contributed by atoms with van der Waals surface area (Å²) in [5.74, 6) is 9.65. The highest BCUT2D eigenvalue weighted by Gasteiger charge is 1.98. The lowest BCUT2D eigenvalue weighted by atomic mass is 10.2. The summed E-state index contributed by atoms with van der Waals surface area (Å²) in [7, 11) is 0. The molecule has 0 aromatic heterocycles. The Hall–Kier alpha value is -1.61. The van der Waals surface area contributed by atoms with Crippen molar-refractivity contribution in [2.24, 2.45) is 5.90 Å². The molecule has 5 nitrogen and oxygen atoms in total. The van der Waals surface area contributed by atoms with Crippen molar-refractivity contribution in [1.29, 1.82) is 0 Å². The Morgan fingerprint density at radius 1 is 1.50 bits per heavy atom. The number of carbonyl (C=O) groups is 1. The molecule has 0 saturated carbocycles. The van der Waals surface area contributed by atoms with E-state index in [0.717, 1.165) is 0 Å². The summed E-state index contributed by atoms with van der Waals surface area (Å²) < 4.78 is 4.93. The lowest BCUT2D eigenvalue weighted by Gasteiger charge is -1.97.